The average Bonchev–Trinajstić information content (AvgIpc) is 2.45. The molecule has 3 N–H and O–H groups in total. The molecule has 0 spiro atoms. The van der Waals surface area contributed by atoms with Crippen molar-refractivity contribution in [1.29, 1.82) is 0 Å². The Morgan fingerprint density at radius 2 is 1.95 bits per heavy atom. The fourth-order valence-corrected chi connectivity index (χ4v) is 1.96. The van der Waals surface area contributed by atoms with E-state index < -0.39 is 18.8 Å². The van der Waals surface area contributed by atoms with Crippen LogP contribution in [0.1, 0.15) is 5.69 Å². The van der Waals surface area contributed by atoms with Crippen molar-refractivity contribution >= 4 is 10.9 Å². The standard InChI is InChI=1S/C14H16F3N3O/c15-14(16,17)9-21-8-12(20-18)7-11-6-5-10-3-1-2-4-13(10)19-11/h1-6,12,20H,7-9,18H2. The summed E-state index contributed by atoms with van der Waals surface area (Å²) in [6.07, 6.45) is -3.94. The van der Waals surface area contributed by atoms with E-state index in [-0.39, 0.29) is 6.61 Å². The molecule has 0 bridgehead atoms. The molecule has 7 heteroatoms. The molecule has 1 atom stereocenters. The summed E-state index contributed by atoms with van der Waals surface area (Å²) >= 11 is 0. The Hall–Kier alpha value is -1.70. The molecular weight excluding hydrogens is 283 g/mol. The van der Waals surface area contributed by atoms with E-state index in [4.69, 9.17) is 5.84 Å². The van der Waals surface area contributed by atoms with Gasteiger partial charge in [0.15, 0.2) is 0 Å². The number of halogens is 3. The summed E-state index contributed by atoms with van der Waals surface area (Å²) in [5, 5.41) is 1.01. The maximum Gasteiger partial charge on any atom is 0.411 e. The minimum Gasteiger partial charge on any atom is -0.370 e. The van der Waals surface area contributed by atoms with Gasteiger partial charge in [-0.25, -0.2) is 0 Å². The van der Waals surface area contributed by atoms with Gasteiger partial charge in [-0.1, -0.05) is 24.3 Å². The summed E-state index contributed by atoms with van der Waals surface area (Å²) in [6, 6.07) is 10.9. The highest BCUT2D eigenvalue weighted by atomic mass is 19.4. The summed E-state index contributed by atoms with van der Waals surface area (Å²) < 4.78 is 40.7. The van der Waals surface area contributed by atoms with Gasteiger partial charge >= 0.3 is 6.18 Å². The monoisotopic (exact) mass is 299 g/mol. The number of nitrogens with zero attached hydrogens (tertiary/aromatic N) is 1. The minimum absolute atomic E-state index is 0.134. The van der Waals surface area contributed by atoms with Gasteiger partial charge in [0.2, 0.25) is 0 Å². The highest BCUT2D eigenvalue weighted by molar-refractivity contribution is 5.78. The molecule has 1 aromatic heterocycles. The second-order valence-corrected chi connectivity index (χ2v) is 4.69. The Kier molecular flexibility index (Phi) is 5.11. The molecule has 2 aromatic rings. The SMILES string of the molecule is NNC(COCC(F)(F)F)Cc1ccc2ccccc2n1. The van der Waals surface area contributed by atoms with Crippen LogP contribution in [0.4, 0.5) is 13.2 Å². The average molecular weight is 299 g/mol. The van der Waals surface area contributed by atoms with Crippen LogP contribution in [0, 0.1) is 0 Å². The van der Waals surface area contributed by atoms with Crippen molar-refractivity contribution in [2.24, 2.45) is 5.84 Å². The van der Waals surface area contributed by atoms with Crippen LogP contribution in [0.5, 0.6) is 0 Å². The zero-order valence-electron chi connectivity index (χ0n) is 11.2. The summed E-state index contributed by atoms with van der Waals surface area (Å²) in [4.78, 5) is 4.45. The quantitative estimate of drug-likeness (QED) is 0.634. The van der Waals surface area contributed by atoms with Gasteiger partial charge in [0.25, 0.3) is 0 Å². The fourth-order valence-electron chi connectivity index (χ4n) is 1.96. The number of aromatic nitrogens is 1. The second-order valence-electron chi connectivity index (χ2n) is 4.69. The van der Waals surface area contributed by atoms with Crippen LogP contribution < -0.4 is 11.3 Å². The molecule has 1 aromatic carbocycles. The molecule has 21 heavy (non-hydrogen) atoms. The third kappa shape index (κ3) is 4.96. The Morgan fingerprint density at radius 3 is 2.67 bits per heavy atom. The van der Waals surface area contributed by atoms with E-state index in [9.17, 15) is 13.2 Å². The first kappa shape index (κ1) is 15.7. The van der Waals surface area contributed by atoms with E-state index in [0.717, 1.165) is 16.6 Å². The third-order valence-corrected chi connectivity index (χ3v) is 2.93. The van der Waals surface area contributed by atoms with Crippen LogP contribution in [0.15, 0.2) is 36.4 Å². The van der Waals surface area contributed by atoms with Crippen LogP contribution in [-0.4, -0.2) is 30.4 Å². The lowest BCUT2D eigenvalue weighted by Gasteiger charge is -2.16. The largest absolute Gasteiger partial charge is 0.411 e. The molecule has 0 saturated heterocycles. The molecule has 0 saturated carbocycles. The highest BCUT2D eigenvalue weighted by Gasteiger charge is 2.27. The van der Waals surface area contributed by atoms with Gasteiger partial charge in [0.05, 0.1) is 12.1 Å². The number of para-hydroxylation sites is 1. The van der Waals surface area contributed by atoms with E-state index in [1.807, 2.05) is 36.4 Å². The molecular formula is C14H16F3N3O. The zero-order valence-corrected chi connectivity index (χ0v) is 11.2. The molecule has 0 radical (unpaired) electrons. The number of hydrogen-bond acceptors (Lipinski definition) is 4. The van der Waals surface area contributed by atoms with Crippen LogP contribution in [0.2, 0.25) is 0 Å². The molecule has 1 heterocycles. The second kappa shape index (κ2) is 6.84. The zero-order chi connectivity index (χ0) is 15.3. The number of hydrogen-bond donors (Lipinski definition) is 2. The maximum atomic E-state index is 12.0. The summed E-state index contributed by atoms with van der Waals surface area (Å²) in [7, 11) is 0. The Morgan fingerprint density at radius 1 is 1.19 bits per heavy atom. The number of ether oxygens (including phenoxy) is 1. The number of hydrazine groups is 1. The number of alkyl halides is 3. The topological polar surface area (TPSA) is 60.2 Å². The summed E-state index contributed by atoms with van der Waals surface area (Å²) in [5.74, 6) is 5.34. The van der Waals surface area contributed by atoms with Crippen molar-refractivity contribution in [2.45, 2.75) is 18.6 Å². The van der Waals surface area contributed by atoms with E-state index in [0.29, 0.717) is 6.42 Å². The molecule has 0 aliphatic heterocycles. The molecule has 1 unspecified atom stereocenters. The number of nitrogens with two attached hydrogens (primary N) is 1. The molecule has 0 amide bonds. The third-order valence-electron chi connectivity index (χ3n) is 2.93. The first-order valence-electron chi connectivity index (χ1n) is 6.43. The molecule has 4 nitrogen and oxygen atoms in total. The fraction of sp³-hybridized carbons (Fsp3) is 0.357. The van der Waals surface area contributed by atoms with Crippen LogP contribution in [-0.2, 0) is 11.2 Å². The van der Waals surface area contributed by atoms with Crippen molar-refractivity contribution in [3.05, 3.63) is 42.1 Å². The Balaban J connectivity index is 1.96. The van der Waals surface area contributed by atoms with Gasteiger partial charge in [0, 0.05) is 23.5 Å². The van der Waals surface area contributed by atoms with Gasteiger partial charge in [-0.3, -0.25) is 16.3 Å². The van der Waals surface area contributed by atoms with Crippen LogP contribution in [0.3, 0.4) is 0 Å². The minimum atomic E-state index is -4.33. The van der Waals surface area contributed by atoms with E-state index in [2.05, 4.69) is 15.1 Å². The predicted octanol–water partition coefficient (Wildman–Crippen LogP) is 2.19. The summed E-state index contributed by atoms with van der Waals surface area (Å²) in [6.45, 7) is -1.42. The first-order valence-corrected chi connectivity index (χ1v) is 6.43. The molecule has 2 rings (SSSR count). The summed E-state index contributed by atoms with van der Waals surface area (Å²) in [5.41, 5.74) is 4.03. The normalized spacial score (nSPS) is 13.5. The van der Waals surface area contributed by atoms with Gasteiger partial charge in [-0.15, -0.1) is 0 Å². The molecule has 0 aliphatic carbocycles. The lowest BCUT2D eigenvalue weighted by Crippen LogP contribution is -2.41. The van der Waals surface area contributed by atoms with Gasteiger partial charge < -0.3 is 4.74 Å². The first-order chi connectivity index (χ1) is 9.98. The van der Waals surface area contributed by atoms with Crippen molar-refractivity contribution in [3.8, 4) is 0 Å². The van der Waals surface area contributed by atoms with Gasteiger partial charge in [0.1, 0.15) is 6.61 Å². The van der Waals surface area contributed by atoms with Gasteiger partial charge in [-0.05, 0) is 12.1 Å². The molecule has 0 aliphatic rings. The smallest absolute Gasteiger partial charge is 0.370 e. The van der Waals surface area contributed by atoms with E-state index in [1.165, 1.54) is 0 Å². The van der Waals surface area contributed by atoms with Crippen LogP contribution >= 0.6 is 0 Å². The van der Waals surface area contributed by atoms with Crippen molar-refractivity contribution < 1.29 is 17.9 Å². The highest BCUT2D eigenvalue weighted by Crippen LogP contribution is 2.15. The molecule has 0 fully saturated rings. The number of pyridine rings is 1. The van der Waals surface area contributed by atoms with Crippen molar-refractivity contribution in [1.82, 2.24) is 10.4 Å². The number of benzene rings is 1. The number of rotatable bonds is 6. The lowest BCUT2D eigenvalue weighted by molar-refractivity contribution is -0.175. The van der Waals surface area contributed by atoms with Crippen molar-refractivity contribution in [2.75, 3.05) is 13.2 Å². The Bertz CT molecular complexity index is 589. The van der Waals surface area contributed by atoms with E-state index in [1.54, 1.807) is 0 Å². The number of fused-ring (bicyclic) bond motifs is 1. The Labute approximate surface area is 120 Å². The maximum absolute atomic E-state index is 12.0. The van der Waals surface area contributed by atoms with Crippen LogP contribution in [0.25, 0.3) is 10.9 Å². The predicted molar refractivity (Wildman–Crippen MR) is 73.4 cm³/mol. The number of nitrogens with one attached hydrogen (secondary N) is 1. The van der Waals surface area contributed by atoms with Crippen molar-refractivity contribution in [3.63, 3.8) is 0 Å². The lowest BCUT2D eigenvalue weighted by atomic mass is 10.1. The van der Waals surface area contributed by atoms with Gasteiger partial charge in [-0.2, -0.15) is 13.2 Å². The molecule has 114 valence electrons. The van der Waals surface area contributed by atoms with E-state index >= 15 is 0 Å².